The first kappa shape index (κ1) is 16.1. The molecular formula is C15H24ClNO2. The van der Waals surface area contributed by atoms with Crippen LogP contribution in [0.4, 0.5) is 0 Å². The average molecular weight is 286 g/mol. The molecule has 0 saturated heterocycles. The molecule has 0 aliphatic carbocycles. The minimum Gasteiger partial charge on any atom is -0.493 e. The van der Waals surface area contributed by atoms with Crippen LogP contribution in [0.15, 0.2) is 12.1 Å². The second-order valence-corrected chi connectivity index (χ2v) is 5.29. The quantitative estimate of drug-likeness (QED) is 0.735. The Bertz CT molecular complexity index is 394. The van der Waals surface area contributed by atoms with E-state index in [0.29, 0.717) is 23.3 Å². The average Bonchev–Trinajstić information content (AvgIpc) is 2.36. The van der Waals surface area contributed by atoms with Crippen molar-refractivity contribution in [1.82, 2.24) is 5.32 Å². The Morgan fingerprint density at radius 1 is 1.26 bits per heavy atom. The lowest BCUT2D eigenvalue weighted by atomic mass is 10.1. The first-order chi connectivity index (χ1) is 9.08. The lowest BCUT2D eigenvalue weighted by Gasteiger charge is -2.13. The van der Waals surface area contributed by atoms with E-state index in [-0.39, 0.29) is 0 Å². The minimum atomic E-state index is 0.596. The third-order valence-corrected chi connectivity index (χ3v) is 3.20. The molecule has 1 rings (SSSR count). The van der Waals surface area contributed by atoms with Crippen LogP contribution in [-0.4, -0.2) is 20.3 Å². The topological polar surface area (TPSA) is 30.5 Å². The standard InChI is InChI=1S/C15H24ClNO2/c1-5-19-15-9-13(16)12(8-14(15)18-4)10-17-7-6-11(2)3/h8-9,11,17H,5-7,10H2,1-4H3. The first-order valence-electron chi connectivity index (χ1n) is 6.78. The van der Waals surface area contributed by atoms with Gasteiger partial charge in [-0.1, -0.05) is 25.4 Å². The van der Waals surface area contributed by atoms with E-state index in [1.807, 2.05) is 19.1 Å². The second-order valence-electron chi connectivity index (χ2n) is 4.89. The summed E-state index contributed by atoms with van der Waals surface area (Å²) in [5.74, 6) is 2.13. The van der Waals surface area contributed by atoms with Gasteiger partial charge in [-0.15, -0.1) is 0 Å². The Hall–Kier alpha value is -0.930. The molecule has 0 unspecified atom stereocenters. The van der Waals surface area contributed by atoms with Crippen molar-refractivity contribution in [2.45, 2.75) is 33.7 Å². The van der Waals surface area contributed by atoms with Crippen LogP contribution in [0.1, 0.15) is 32.8 Å². The molecule has 0 fully saturated rings. The summed E-state index contributed by atoms with van der Waals surface area (Å²) in [7, 11) is 1.64. The predicted molar refractivity (Wildman–Crippen MR) is 80.3 cm³/mol. The van der Waals surface area contributed by atoms with Gasteiger partial charge in [0.1, 0.15) is 0 Å². The van der Waals surface area contributed by atoms with Crippen LogP contribution in [-0.2, 0) is 6.54 Å². The summed E-state index contributed by atoms with van der Waals surface area (Å²) in [4.78, 5) is 0. The zero-order valence-corrected chi connectivity index (χ0v) is 13.0. The molecule has 1 aromatic carbocycles. The Morgan fingerprint density at radius 3 is 2.58 bits per heavy atom. The summed E-state index contributed by atoms with van der Waals surface area (Å²) in [5.41, 5.74) is 1.03. The molecule has 3 nitrogen and oxygen atoms in total. The number of benzene rings is 1. The van der Waals surface area contributed by atoms with Crippen molar-refractivity contribution in [2.24, 2.45) is 5.92 Å². The Morgan fingerprint density at radius 2 is 2.00 bits per heavy atom. The predicted octanol–water partition coefficient (Wildman–Crippen LogP) is 3.88. The van der Waals surface area contributed by atoms with Crippen LogP contribution in [0.25, 0.3) is 0 Å². The molecule has 1 aromatic rings. The smallest absolute Gasteiger partial charge is 0.162 e. The number of ether oxygens (including phenoxy) is 2. The van der Waals surface area contributed by atoms with Crippen molar-refractivity contribution in [3.63, 3.8) is 0 Å². The van der Waals surface area contributed by atoms with Crippen LogP contribution in [0, 0.1) is 5.92 Å². The molecule has 0 aliphatic rings. The molecule has 0 aromatic heterocycles. The lowest BCUT2D eigenvalue weighted by molar-refractivity contribution is 0.310. The van der Waals surface area contributed by atoms with E-state index in [4.69, 9.17) is 21.1 Å². The highest BCUT2D eigenvalue weighted by molar-refractivity contribution is 6.31. The van der Waals surface area contributed by atoms with Gasteiger partial charge in [0.25, 0.3) is 0 Å². The summed E-state index contributed by atoms with van der Waals surface area (Å²) < 4.78 is 10.8. The molecule has 0 saturated carbocycles. The largest absolute Gasteiger partial charge is 0.493 e. The SMILES string of the molecule is CCOc1cc(Cl)c(CNCCC(C)C)cc1OC. The third kappa shape index (κ3) is 5.29. The van der Waals surface area contributed by atoms with Gasteiger partial charge in [0.05, 0.1) is 13.7 Å². The maximum absolute atomic E-state index is 6.26. The highest BCUT2D eigenvalue weighted by atomic mass is 35.5. The van der Waals surface area contributed by atoms with Crippen molar-refractivity contribution in [2.75, 3.05) is 20.3 Å². The van der Waals surface area contributed by atoms with E-state index in [2.05, 4.69) is 19.2 Å². The van der Waals surface area contributed by atoms with E-state index in [0.717, 1.165) is 30.8 Å². The first-order valence-corrected chi connectivity index (χ1v) is 7.16. The molecule has 0 heterocycles. The molecule has 0 amide bonds. The molecular weight excluding hydrogens is 262 g/mol. The number of methoxy groups -OCH3 is 1. The summed E-state index contributed by atoms with van der Waals surface area (Å²) >= 11 is 6.26. The summed E-state index contributed by atoms with van der Waals surface area (Å²) in [6, 6.07) is 3.76. The fraction of sp³-hybridized carbons (Fsp3) is 0.600. The molecule has 0 spiro atoms. The number of hydrogen-bond acceptors (Lipinski definition) is 3. The monoisotopic (exact) mass is 285 g/mol. The van der Waals surface area contributed by atoms with Gasteiger partial charge in [-0.25, -0.2) is 0 Å². The van der Waals surface area contributed by atoms with Crippen molar-refractivity contribution < 1.29 is 9.47 Å². The normalized spacial score (nSPS) is 10.8. The minimum absolute atomic E-state index is 0.596. The molecule has 0 atom stereocenters. The van der Waals surface area contributed by atoms with Gasteiger partial charge in [0, 0.05) is 17.6 Å². The van der Waals surface area contributed by atoms with Gasteiger partial charge in [0.15, 0.2) is 11.5 Å². The number of rotatable bonds is 8. The van der Waals surface area contributed by atoms with E-state index in [1.54, 1.807) is 7.11 Å². The zero-order chi connectivity index (χ0) is 14.3. The number of nitrogens with one attached hydrogen (secondary N) is 1. The molecule has 0 radical (unpaired) electrons. The van der Waals surface area contributed by atoms with Gasteiger partial charge in [0.2, 0.25) is 0 Å². The lowest BCUT2D eigenvalue weighted by Crippen LogP contribution is -2.16. The fourth-order valence-electron chi connectivity index (χ4n) is 1.75. The van der Waals surface area contributed by atoms with Gasteiger partial charge in [-0.05, 0) is 37.4 Å². The van der Waals surface area contributed by atoms with E-state index >= 15 is 0 Å². The second kappa shape index (κ2) is 8.28. The van der Waals surface area contributed by atoms with Crippen LogP contribution in [0.5, 0.6) is 11.5 Å². The Kier molecular flexibility index (Phi) is 7.03. The highest BCUT2D eigenvalue weighted by Gasteiger charge is 2.10. The van der Waals surface area contributed by atoms with Crippen LogP contribution in [0.2, 0.25) is 5.02 Å². The van der Waals surface area contributed by atoms with Crippen molar-refractivity contribution in [3.05, 3.63) is 22.7 Å². The van der Waals surface area contributed by atoms with Crippen LogP contribution < -0.4 is 14.8 Å². The molecule has 4 heteroatoms. The van der Waals surface area contributed by atoms with Crippen LogP contribution >= 0.6 is 11.6 Å². The molecule has 19 heavy (non-hydrogen) atoms. The molecule has 0 aliphatic heterocycles. The maximum atomic E-state index is 6.26. The number of hydrogen-bond donors (Lipinski definition) is 1. The van der Waals surface area contributed by atoms with Gasteiger partial charge in [-0.2, -0.15) is 0 Å². The van der Waals surface area contributed by atoms with Crippen molar-refractivity contribution in [1.29, 1.82) is 0 Å². The van der Waals surface area contributed by atoms with E-state index in [9.17, 15) is 0 Å². The van der Waals surface area contributed by atoms with Crippen LogP contribution in [0.3, 0.4) is 0 Å². The van der Waals surface area contributed by atoms with Gasteiger partial charge >= 0.3 is 0 Å². The zero-order valence-electron chi connectivity index (χ0n) is 12.3. The molecule has 0 bridgehead atoms. The molecule has 108 valence electrons. The summed E-state index contributed by atoms with van der Waals surface area (Å²) in [6.07, 6.45) is 1.16. The summed E-state index contributed by atoms with van der Waals surface area (Å²) in [5, 5.41) is 4.11. The highest BCUT2D eigenvalue weighted by Crippen LogP contribution is 2.33. The van der Waals surface area contributed by atoms with E-state index < -0.39 is 0 Å². The molecule has 1 N–H and O–H groups in total. The van der Waals surface area contributed by atoms with E-state index in [1.165, 1.54) is 0 Å². The Labute approximate surface area is 121 Å². The third-order valence-electron chi connectivity index (χ3n) is 2.85. The van der Waals surface area contributed by atoms with Gasteiger partial charge in [-0.3, -0.25) is 0 Å². The van der Waals surface area contributed by atoms with Gasteiger partial charge < -0.3 is 14.8 Å². The van der Waals surface area contributed by atoms with Crippen molar-refractivity contribution in [3.8, 4) is 11.5 Å². The number of halogens is 1. The van der Waals surface area contributed by atoms with Crippen molar-refractivity contribution >= 4 is 11.6 Å². The maximum Gasteiger partial charge on any atom is 0.162 e. The Balaban J connectivity index is 2.67. The fourth-order valence-corrected chi connectivity index (χ4v) is 1.97. The summed E-state index contributed by atoms with van der Waals surface area (Å²) in [6.45, 7) is 8.70.